The largest absolute Gasteiger partial charge is 0.484 e. The third-order valence-electron chi connectivity index (χ3n) is 5.32. The van der Waals surface area contributed by atoms with Gasteiger partial charge in [0.2, 0.25) is 5.91 Å². The summed E-state index contributed by atoms with van der Waals surface area (Å²) in [5.74, 6) is 0.606. The molecule has 1 fully saturated rings. The molecule has 2 amide bonds. The fourth-order valence-electron chi connectivity index (χ4n) is 3.63. The lowest BCUT2D eigenvalue weighted by Crippen LogP contribution is -2.43. The highest BCUT2D eigenvalue weighted by Gasteiger charge is 2.28. The zero-order valence-electron chi connectivity index (χ0n) is 17.5. The van der Waals surface area contributed by atoms with Crippen LogP contribution in [-0.2, 0) is 15.0 Å². The predicted octanol–water partition coefficient (Wildman–Crippen LogP) is 4.24. The average molecular weight is 395 g/mol. The Labute approximate surface area is 173 Å². The molecule has 1 aliphatic heterocycles. The lowest BCUT2D eigenvalue weighted by molar-refractivity contribution is -0.136. The van der Waals surface area contributed by atoms with E-state index in [1.54, 1.807) is 4.90 Å². The molecule has 154 valence electrons. The van der Waals surface area contributed by atoms with Crippen LogP contribution in [0.25, 0.3) is 0 Å². The molecule has 1 N–H and O–H groups in total. The Bertz CT molecular complexity index is 835. The number of ether oxygens (including phenoxy) is 1. The van der Waals surface area contributed by atoms with Crippen molar-refractivity contribution in [3.63, 3.8) is 0 Å². The standard InChI is InChI=1S/C24H30N2O3/c1-24(2,3)20-11-7-8-12-21(20)25-23(28)18-13-15-26(16-14-18)22(27)17-29-19-9-5-4-6-10-19/h4-12,18H,13-17H2,1-3H3,(H,25,28). The molecule has 2 aromatic carbocycles. The second-order valence-electron chi connectivity index (χ2n) is 8.54. The van der Waals surface area contributed by atoms with Crippen LogP contribution in [0.15, 0.2) is 54.6 Å². The molecule has 29 heavy (non-hydrogen) atoms. The van der Waals surface area contributed by atoms with Crippen LogP contribution in [0.2, 0.25) is 0 Å². The van der Waals surface area contributed by atoms with E-state index in [0.29, 0.717) is 31.7 Å². The van der Waals surface area contributed by atoms with Crippen molar-refractivity contribution in [1.82, 2.24) is 4.90 Å². The van der Waals surface area contributed by atoms with Crippen LogP contribution in [0.5, 0.6) is 5.75 Å². The van der Waals surface area contributed by atoms with Crippen LogP contribution in [0.3, 0.4) is 0 Å². The molecule has 1 saturated heterocycles. The van der Waals surface area contributed by atoms with Crippen LogP contribution in [-0.4, -0.2) is 36.4 Å². The van der Waals surface area contributed by atoms with Gasteiger partial charge in [0.1, 0.15) is 5.75 Å². The molecule has 5 heteroatoms. The molecular weight excluding hydrogens is 364 g/mol. The summed E-state index contributed by atoms with van der Waals surface area (Å²) in [5.41, 5.74) is 1.96. The normalized spacial score (nSPS) is 15.1. The quantitative estimate of drug-likeness (QED) is 0.825. The molecule has 3 rings (SSSR count). The predicted molar refractivity (Wildman–Crippen MR) is 115 cm³/mol. The van der Waals surface area contributed by atoms with Crippen LogP contribution >= 0.6 is 0 Å². The second-order valence-corrected chi connectivity index (χ2v) is 8.54. The maximum atomic E-state index is 12.8. The Morgan fingerprint density at radius 2 is 1.62 bits per heavy atom. The fourth-order valence-corrected chi connectivity index (χ4v) is 3.63. The molecule has 0 unspecified atom stereocenters. The highest BCUT2D eigenvalue weighted by molar-refractivity contribution is 5.93. The summed E-state index contributed by atoms with van der Waals surface area (Å²) in [4.78, 5) is 27.0. The number of nitrogens with zero attached hydrogens (tertiary/aromatic N) is 1. The van der Waals surface area contributed by atoms with Crippen LogP contribution in [0, 0.1) is 5.92 Å². The third kappa shape index (κ3) is 5.59. The van der Waals surface area contributed by atoms with E-state index in [1.165, 1.54) is 0 Å². The molecule has 0 aromatic heterocycles. The number of piperidine rings is 1. The van der Waals surface area contributed by atoms with Gasteiger partial charge < -0.3 is 15.0 Å². The summed E-state index contributed by atoms with van der Waals surface area (Å²) in [6.07, 6.45) is 1.33. The number of carbonyl (C=O) groups is 2. The first-order chi connectivity index (χ1) is 13.8. The van der Waals surface area contributed by atoms with E-state index in [1.807, 2.05) is 48.5 Å². The van der Waals surface area contributed by atoms with Crippen LogP contribution in [0.4, 0.5) is 5.69 Å². The SMILES string of the molecule is CC(C)(C)c1ccccc1NC(=O)C1CCN(C(=O)COc2ccccc2)CC1. The first-order valence-electron chi connectivity index (χ1n) is 10.2. The molecule has 0 spiro atoms. The van der Waals surface area contributed by atoms with Gasteiger partial charge in [0, 0.05) is 24.7 Å². The highest BCUT2D eigenvalue weighted by Crippen LogP contribution is 2.30. The topological polar surface area (TPSA) is 58.6 Å². The van der Waals surface area contributed by atoms with E-state index in [2.05, 4.69) is 32.2 Å². The van der Waals surface area contributed by atoms with Gasteiger partial charge in [-0.3, -0.25) is 9.59 Å². The van der Waals surface area contributed by atoms with E-state index in [9.17, 15) is 9.59 Å². The molecule has 0 radical (unpaired) electrons. The van der Waals surface area contributed by atoms with Crippen molar-refractivity contribution < 1.29 is 14.3 Å². The van der Waals surface area contributed by atoms with Crippen molar-refractivity contribution in [1.29, 1.82) is 0 Å². The number of anilines is 1. The van der Waals surface area contributed by atoms with Crippen molar-refractivity contribution in [2.75, 3.05) is 25.0 Å². The molecule has 0 saturated carbocycles. The van der Waals surface area contributed by atoms with Crippen molar-refractivity contribution in [2.45, 2.75) is 39.0 Å². The van der Waals surface area contributed by atoms with Crippen LogP contribution < -0.4 is 10.1 Å². The number of hydrogen-bond donors (Lipinski definition) is 1. The maximum absolute atomic E-state index is 12.8. The van der Waals surface area contributed by atoms with Gasteiger partial charge in [-0.05, 0) is 42.0 Å². The molecule has 0 bridgehead atoms. The minimum absolute atomic E-state index is 0.0276. The van der Waals surface area contributed by atoms with Gasteiger partial charge in [-0.1, -0.05) is 57.2 Å². The molecule has 1 aliphatic rings. The summed E-state index contributed by atoms with van der Waals surface area (Å²) in [6, 6.07) is 17.3. The molecule has 0 atom stereocenters. The van der Waals surface area contributed by atoms with Gasteiger partial charge in [0.25, 0.3) is 5.91 Å². The van der Waals surface area contributed by atoms with Crippen molar-refractivity contribution in [3.8, 4) is 5.75 Å². The van der Waals surface area contributed by atoms with Gasteiger partial charge in [0.15, 0.2) is 6.61 Å². The van der Waals surface area contributed by atoms with Gasteiger partial charge >= 0.3 is 0 Å². The van der Waals surface area contributed by atoms with Crippen molar-refractivity contribution in [2.24, 2.45) is 5.92 Å². The van der Waals surface area contributed by atoms with E-state index in [-0.39, 0.29) is 29.8 Å². The zero-order valence-corrected chi connectivity index (χ0v) is 17.5. The Hall–Kier alpha value is -2.82. The monoisotopic (exact) mass is 394 g/mol. The fraction of sp³-hybridized carbons (Fsp3) is 0.417. The van der Waals surface area contributed by atoms with Gasteiger partial charge in [-0.2, -0.15) is 0 Å². The number of nitrogens with one attached hydrogen (secondary N) is 1. The van der Waals surface area contributed by atoms with Crippen LogP contribution in [0.1, 0.15) is 39.2 Å². The van der Waals surface area contributed by atoms with E-state index >= 15 is 0 Å². The minimum atomic E-state index is -0.0814. The number of amides is 2. The van der Waals surface area contributed by atoms with Gasteiger partial charge in [0.05, 0.1) is 0 Å². The third-order valence-corrected chi connectivity index (χ3v) is 5.32. The Morgan fingerprint density at radius 3 is 2.28 bits per heavy atom. The number of carbonyl (C=O) groups excluding carboxylic acids is 2. The Kier molecular flexibility index (Phi) is 6.57. The first-order valence-corrected chi connectivity index (χ1v) is 10.2. The second kappa shape index (κ2) is 9.12. The minimum Gasteiger partial charge on any atom is -0.484 e. The van der Waals surface area contributed by atoms with Gasteiger partial charge in [-0.25, -0.2) is 0 Å². The average Bonchev–Trinajstić information content (AvgIpc) is 2.72. The number of hydrogen-bond acceptors (Lipinski definition) is 3. The Balaban J connectivity index is 1.50. The molecule has 0 aliphatic carbocycles. The smallest absolute Gasteiger partial charge is 0.260 e. The van der Waals surface area contributed by atoms with Crippen molar-refractivity contribution >= 4 is 17.5 Å². The first kappa shape index (κ1) is 20.9. The highest BCUT2D eigenvalue weighted by atomic mass is 16.5. The Morgan fingerprint density at radius 1 is 1.00 bits per heavy atom. The summed E-state index contributed by atoms with van der Waals surface area (Å²) in [5, 5.41) is 3.11. The number of benzene rings is 2. The zero-order chi connectivity index (χ0) is 20.9. The summed E-state index contributed by atoms with van der Waals surface area (Å²) in [7, 11) is 0. The molecule has 5 nitrogen and oxygen atoms in total. The van der Waals surface area contributed by atoms with E-state index < -0.39 is 0 Å². The summed E-state index contributed by atoms with van der Waals surface area (Å²) >= 11 is 0. The lowest BCUT2D eigenvalue weighted by Gasteiger charge is -2.32. The van der Waals surface area contributed by atoms with Gasteiger partial charge in [-0.15, -0.1) is 0 Å². The van der Waals surface area contributed by atoms with E-state index in [0.717, 1.165) is 11.3 Å². The number of rotatable bonds is 5. The summed E-state index contributed by atoms with van der Waals surface area (Å²) in [6.45, 7) is 7.60. The molecule has 2 aromatic rings. The lowest BCUT2D eigenvalue weighted by atomic mass is 9.85. The number of para-hydroxylation sites is 2. The summed E-state index contributed by atoms with van der Waals surface area (Å²) < 4.78 is 5.55. The molecular formula is C24H30N2O3. The van der Waals surface area contributed by atoms with E-state index in [4.69, 9.17) is 4.74 Å². The van der Waals surface area contributed by atoms with Crippen molar-refractivity contribution in [3.05, 3.63) is 60.2 Å². The molecule has 1 heterocycles. The number of likely N-dealkylation sites (tertiary alicyclic amines) is 1. The maximum Gasteiger partial charge on any atom is 0.260 e.